The first kappa shape index (κ1) is 5.76. The summed E-state index contributed by atoms with van der Waals surface area (Å²) in [5.74, 6) is -0.586. The maximum atomic E-state index is 12.4. The van der Waals surface area contributed by atoms with Gasteiger partial charge in [-0.25, -0.2) is 4.68 Å². The maximum Gasteiger partial charge on any atom is 0.229 e. The van der Waals surface area contributed by atoms with Crippen molar-refractivity contribution in [1.82, 2.24) is 9.78 Å². The fraction of sp³-hybridized carbons (Fsp3) is 0.200. The van der Waals surface area contributed by atoms with Crippen molar-refractivity contribution in [1.29, 1.82) is 5.26 Å². The molecule has 0 aliphatic rings. The molecule has 0 fully saturated rings. The quantitative estimate of drug-likeness (QED) is 0.504. The van der Waals surface area contributed by atoms with Crippen LogP contribution in [-0.2, 0) is 7.05 Å². The van der Waals surface area contributed by atoms with E-state index in [9.17, 15) is 4.39 Å². The lowest BCUT2D eigenvalue weighted by molar-refractivity contribution is 0.502. The number of rotatable bonds is 0. The van der Waals surface area contributed by atoms with Crippen LogP contribution in [-0.4, -0.2) is 9.78 Å². The molecular formula is C5H4FN3. The average Bonchev–Trinajstić information content (AvgIpc) is 2.15. The van der Waals surface area contributed by atoms with Gasteiger partial charge in [-0.3, -0.25) is 0 Å². The van der Waals surface area contributed by atoms with Gasteiger partial charge in [0.25, 0.3) is 0 Å². The van der Waals surface area contributed by atoms with Crippen molar-refractivity contribution in [2.24, 2.45) is 7.05 Å². The molecule has 0 N–H and O–H groups in total. The fourth-order valence-electron chi connectivity index (χ4n) is 0.498. The molecule has 0 amide bonds. The second-order valence-corrected chi connectivity index (χ2v) is 1.58. The molecule has 4 heteroatoms. The third-order valence-corrected chi connectivity index (χ3v) is 0.987. The van der Waals surface area contributed by atoms with Crippen molar-refractivity contribution in [3.63, 3.8) is 0 Å². The number of nitrogens with zero attached hydrogens (tertiary/aromatic N) is 3. The Bertz CT molecular complexity index is 258. The highest BCUT2D eigenvalue weighted by molar-refractivity contribution is 5.23. The summed E-state index contributed by atoms with van der Waals surface area (Å²) >= 11 is 0. The van der Waals surface area contributed by atoms with Crippen LogP contribution in [0.2, 0.25) is 0 Å². The zero-order valence-electron chi connectivity index (χ0n) is 4.80. The van der Waals surface area contributed by atoms with Gasteiger partial charge < -0.3 is 0 Å². The lowest BCUT2D eigenvalue weighted by Crippen LogP contribution is -1.93. The van der Waals surface area contributed by atoms with E-state index < -0.39 is 5.95 Å². The van der Waals surface area contributed by atoms with Crippen molar-refractivity contribution in [2.45, 2.75) is 0 Å². The van der Waals surface area contributed by atoms with Crippen LogP contribution >= 0.6 is 0 Å². The van der Waals surface area contributed by atoms with Crippen molar-refractivity contribution in [3.8, 4) is 6.07 Å². The molecule has 0 aliphatic carbocycles. The zero-order chi connectivity index (χ0) is 6.85. The first-order chi connectivity index (χ1) is 4.25. The molecule has 0 radical (unpaired) electrons. The highest BCUT2D eigenvalue weighted by atomic mass is 19.1. The van der Waals surface area contributed by atoms with E-state index in [-0.39, 0.29) is 5.56 Å². The molecule has 1 rings (SSSR count). The molecule has 1 heterocycles. The Labute approximate surface area is 51.3 Å². The van der Waals surface area contributed by atoms with Gasteiger partial charge in [0.15, 0.2) is 0 Å². The molecule has 0 atom stereocenters. The number of nitriles is 1. The Balaban J connectivity index is 3.24. The smallest absolute Gasteiger partial charge is 0.229 e. The third kappa shape index (κ3) is 0.765. The standard InChI is InChI=1S/C5H4FN3/c1-9-5(6)4(2-7)3-8-9/h3H,1H3. The van der Waals surface area contributed by atoms with Crippen molar-refractivity contribution in [3.05, 3.63) is 17.7 Å². The monoisotopic (exact) mass is 125 g/mol. The first-order valence-corrected chi connectivity index (χ1v) is 2.33. The van der Waals surface area contributed by atoms with Crippen LogP contribution in [0, 0.1) is 17.3 Å². The molecule has 0 saturated heterocycles. The van der Waals surface area contributed by atoms with Gasteiger partial charge in [-0.05, 0) is 0 Å². The summed E-state index contributed by atoms with van der Waals surface area (Å²) in [6, 6.07) is 1.66. The highest BCUT2D eigenvalue weighted by Gasteiger charge is 2.04. The summed E-state index contributed by atoms with van der Waals surface area (Å²) < 4.78 is 13.5. The van der Waals surface area contributed by atoms with Crippen LogP contribution < -0.4 is 0 Å². The van der Waals surface area contributed by atoms with Crippen molar-refractivity contribution >= 4 is 0 Å². The van der Waals surface area contributed by atoms with Crippen LogP contribution in [0.4, 0.5) is 4.39 Å². The topological polar surface area (TPSA) is 41.6 Å². The van der Waals surface area contributed by atoms with Gasteiger partial charge in [0.05, 0.1) is 6.20 Å². The minimum Gasteiger partial charge on any atom is -0.242 e. The molecule has 0 aromatic carbocycles. The molecule has 1 aromatic rings. The minimum atomic E-state index is -0.586. The maximum absolute atomic E-state index is 12.4. The zero-order valence-corrected chi connectivity index (χ0v) is 4.80. The van der Waals surface area contributed by atoms with E-state index in [0.717, 1.165) is 4.68 Å². The van der Waals surface area contributed by atoms with E-state index in [4.69, 9.17) is 5.26 Å². The SMILES string of the molecule is Cn1ncc(C#N)c1F. The van der Waals surface area contributed by atoms with E-state index in [1.165, 1.54) is 13.2 Å². The Morgan fingerprint density at radius 2 is 2.56 bits per heavy atom. The van der Waals surface area contributed by atoms with E-state index >= 15 is 0 Å². The number of aromatic nitrogens is 2. The predicted octanol–water partition coefficient (Wildman–Crippen LogP) is 0.431. The van der Waals surface area contributed by atoms with Crippen molar-refractivity contribution in [2.75, 3.05) is 0 Å². The number of halogens is 1. The van der Waals surface area contributed by atoms with E-state index in [1.807, 2.05) is 0 Å². The summed E-state index contributed by atoms with van der Waals surface area (Å²) in [5.41, 5.74) is -0.0162. The molecule has 1 aromatic heterocycles. The lowest BCUT2D eigenvalue weighted by Gasteiger charge is -1.84. The fourth-order valence-corrected chi connectivity index (χ4v) is 0.498. The first-order valence-electron chi connectivity index (χ1n) is 2.33. The summed E-state index contributed by atoms with van der Waals surface area (Å²) in [5, 5.41) is 11.7. The van der Waals surface area contributed by atoms with Gasteiger partial charge in [-0.15, -0.1) is 0 Å². The van der Waals surface area contributed by atoms with Gasteiger partial charge in [-0.1, -0.05) is 0 Å². The molecule has 0 bridgehead atoms. The van der Waals surface area contributed by atoms with Gasteiger partial charge in [0.2, 0.25) is 5.95 Å². The molecule has 46 valence electrons. The molecule has 0 saturated carbocycles. The van der Waals surface area contributed by atoms with Crippen LogP contribution in [0.25, 0.3) is 0 Å². The Morgan fingerprint density at radius 1 is 1.89 bits per heavy atom. The van der Waals surface area contributed by atoms with Gasteiger partial charge in [-0.2, -0.15) is 14.8 Å². The number of aryl methyl sites for hydroxylation is 1. The Kier molecular flexibility index (Phi) is 1.19. The summed E-state index contributed by atoms with van der Waals surface area (Å²) in [7, 11) is 1.44. The normalized spacial score (nSPS) is 9.00. The third-order valence-electron chi connectivity index (χ3n) is 0.987. The van der Waals surface area contributed by atoms with Crippen LogP contribution in [0.3, 0.4) is 0 Å². The lowest BCUT2D eigenvalue weighted by atomic mass is 10.4. The number of hydrogen-bond acceptors (Lipinski definition) is 2. The molecule has 0 unspecified atom stereocenters. The van der Waals surface area contributed by atoms with Crippen molar-refractivity contribution < 1.29 is 4.39 Å². The Morgan fingerprint density at radius 3 is 2.78 bits per heavy atom. The predicted molar refractivity (Wildman–Crippen MR) is 27.9 cm³/mol. The number of hydrogen-bond donors (Lipinski definition) is 0. The summed E-state index contributed by atoms with van der Waals surface area (Å²) in [6.07, 6.45) is 1.19. The molecule has 0 aliphatic heterocycles. The van der Waals surface area contributed by atoms with Gasteiger partial charge >= 0.3 is 0 Å². The summed E-state index contributed by atoms with van der Waals surface area (Å²) in [4.78, 5) is 0. The van der Waals surface area contributed by atoms with Crippen LogP contribution in [0.5, 0.6) is 0 Å². The van der Waals surface area contributed by atoms with Crippen LogP contribution in [0.1, 0.15) is 5.56 Å². The average molecular weight is 125 g/mol. The van der Waals surface area contributed by atoms with Gasteiger partial charge in [0.1, 0.15) is 11.6 Å². The van der Waals surface area contributed by atoms with Gasteiger partial charge in [0, 0.05) is 7.05 Å². The second-order valence-electron chi connectivity index (χ2n) is 1.58. The van der Waals surface area contributed by atoms with E-state index in [0.29, 0.717) is 0 Å². The molecule has 9 heavy (non-hydrogen) atoms. The molecular weight excluding hydrogens is 121 g/mol. The largest absolute Gasteiger partial charge is 0.242 e. The molecule has 3 nitrogen and oxygen atoms in total. The minimum absolute atomic E-state index is 0.0162. The van der Waals surface area contributed by atoms with E-state index in [1.54, 1.807) is 6.07 Å². The van der Waals surface area contributed by atoms with E-state index in [2.05, 4.69) is 5.10 Å². The second kappa shape index (κ2) is 1.86. The molecule has 0 spiro atoms. The Hall–Kier alpha value is -1.37. The summed E-state index contributed by atoms with van der Waals surface area (Å²) in [6.45, 7) is 0. The highest BCUT2D eigenvalue weighted by Crippen LogP contribution is 2.00. The van der Waals surface area contributed by atoms with Crippen LogP contribution in [0.15, 0.2) is 6.20 Å².